The van der Waals surface area contributed by atoms with Crippen LogP contribution in [0.2, 0.25) is 4.34 Å². The highest BCUT2D eigenvalue weighted by atomic mass is 35.5. The lowest BCUT2D eigenvalue weighted by Gasteiger charge is -2.08. The molecule has 0 bridgehead atoms. The standard InChI is InChI=1S/C13H13ClO2S/c1-9(15)10-3-2-4-11(7-10)16-8-12-5-6-13(14)17-12/h2-7,9,15H,8H2,1H3/t9-/m1/s1. The van der Waals surface area contributed by atoms with Gasteiger partial charge in [0.25, 0.3) is 0 Å². The van der Waals surface area contributed by atoms with E-state index in [1.54, 1.807) is 6.92 Å². The summed E-state index contributed by atoms with van der Waals surface area (Å²) in [6, 6.07) is 11.3. The van der Waals surface area contributed by atoms with Crippen LogP contribution in [0.5, 0.6) is 5.75 Å². The van der Waals surface area contributed by atoms with Crippen molar-refractivity contribution >= 4 is 22.9 Å². The molecule has 1 heterocycles. The molecule has 17 heavy (non-hydrogen) atoms. The first kappa shape index (κ1) is 12.4. The van der Waals surface area contributed by atoms with Crippen molar-refractivity contribution in [3.8, 4) is 5.75 Å². The highest BCUT2D eigenvalue weighted by Crippen LogP contribution is 2.24. The summed E-state index contributed by atoms with van der Waals surface area (Å²) in [7, 11) is 0. The van der Waals surface area contributed by atoms with Gasteiger partial charge in [0.2, 0.25) is 0 Å². The Kier molecular flexibility index (Phi) is 4.05. The first-order valence-electron chi connectivity index (χ1n) is 5.30. The minimum absolute atomic E-state index is 0.477. The molecule has 2 rings (SSSR count). The fourth-order valence-electron chi connectivity index (χ4n) is 1.45. The van der Waals surface area contributed by atoms with Crippen molar-refractivity contribution in [1.82, 2.24) is 0 Å². The van der Waals surface area contributed by atoms with E-state index in [9.17, 15) is 5.11 Å². The topological polar surface area (TPSA) is 29.5 Å². The minimum Gasteiger partial charge on any atom is -0.488 e. The molecule has 0 aliphatic heterocycles. The zero-order valence-corrected chi connectivity index (χ0v) is 11.0. The molecular weight excluding hydrogens is 256 g/mol. The molecule has 0 aliphatic carbocycles. The summed E-state index contributed by atoms with van der Waals surface area (Å²) in [6.45, 7) is 2.23. The Hall–Kier alpha value is -1.03. The lowest BCUT2D eigenvalue weighted by Crippen LogP contribution is -1.95. The predicted molar refractivity (Wildman–Crippen MR) is 70.7 cm³/mol. The van der Waals surface area contributed by atoms with E-state index in [-0.39, 0.29) is 0 Å². The molecule has 1 N–H and O–H groups in total. The summed E-state index contributed by atoms with van der Waals surface area (Å²) >= 11 is 7.35. The molecule has 1 aromatic heterocycles. The Morgan fingerprint density at radius 1 is 1.35 bits per heavy atom. The summed E-state index contributed by atoms with van der Waals surface area (Å²) in [5, 5.41) is 9.47. The molecule has 2 aromatic rings. The Labute approximate surface area is 109 Å². The molecule has 1 aromatic carbocycles. The SMILES string of the molecule is C[C@@H](O)c1cccc(OCc2ccc(Cl)s2)c1. The summed E-state index contributed by atoms with van der Waals surface area (Å²) in [5.74, 6) is 0.757. The maximum absolute atomic E-state index is 9.47. The van der Waals surface area contributed by atoms with Gasteiger partial charge in [-0.05, 0) is 36.8 Å². The minimum atomic E-state index is -0.477. The third-order valence-electron chi connectivity index (χ3n) is 2.35. The van der Waals surface area contributed by atoms with Gasteiger partial charge in [0, 0.05) is 4.88 Å². The lowest BCUT2D eigenvalue weighted by molar-refractivity contribution is 0.198. The number of benzene rings is 1. The van der Waals surface area contributed by atoms with Gasteiger partial charge < -0.3 is 9.84 Å². The predicted octanol–water partition coefficient (Wildman–Crippen LogP) is 4.03. The number of ether oxygens (including phenoxy) is 1. The lowest BCUT2D eigenvalue weighted by atomic mass is 10.1. The first-order valence-corrected chi connectivity index (χ1v) is 6.49. The molecule has 0 spiro atoms. The van der Waals surface area contributed by atoms with E-state index in [1.165, 1.54) is 11.3 Å². The third kappa shape index (κ3) is 3.46. The zero-order valence-electron chi connectivity index (χ0n) is 9.39. The van der Waals surface area contributed by atoms with E-state index in [2.05, 4.69) is 0 Å². The number of hydrogen-bond acceptors (Lipinski definition) is 3. The van der Waals surface area contributed by atoms with Gasteiger partial charge in [-0.2, -0.15) is 0 Å². The Balaban J connectivity index is 2.01. The number of thiophene rings is 1. The Morgan fingerprint density at radius 3 is 2.82 bits per heavy atom. The molecule has 1 atom stereocenters. The van der Waals surface area contributed by atoms with Crippen LogP contribution in [0.1, 0.15) is 23.5 Å². The van der Waals surface area contributed by atoms with Crippen molar-refractivity contribution in [2.24, 2.45) is 0 Å². The summed E-state index contributed by atoms with van der Waals surface area (Å²) in [6.07, 6.45) is -0.477. The van der Waals surface area contributed by atoms with E-state index in [0.29, 0.717) is 6.61 Å². The van der Waals surface area contributed by atoms with Crippen LogP contribution in [-0.4, -0.2) is 5.11 Å². The molecule has 90 valence electrons. The summed E-state index contributed by atoms with van der Waals surface area (Å²) in [4.78, 5) is 1.08. The number of aliphatic hydroxyl groups excluding tert-OH is 1. The molecule has 4 heteroatoms. The molecular formula is C13H13ClO2S. The largest absolute Gasteiger partial charge is 0.488 e. The van der Waals surface area contributed by atoms with Crippen LogP contribution < -0.4 is 4.74 Å². The van der Waals surface area contributed by atoms with Gasteiger partial charge >= 0.3 is 0 Å². The molecule has 0 fully saturated rings. The smallest absolute Gasteiger partial charge is 0.122 e. The van der Waals surface area contributed by atoms with Crippen LogP contribution in [0.4, 0.5) is 0 Å². The maximum Gasteiger partial charge on any atom is 0.122 e. The number of hydrogen-bond donors (Lipinski definition) is 1. The number of rotatable bonds is 4. The normalized spacial score (nSPS) is 12.4. The molecule has 0 aliphatic rings. The quantitative estimate of drug-likeness (QED) is 0.907. The average Bonchev–Trinajstić information content (AvgIpc) is 2.73. The first-order chi connectivity index (χ1) is 8.15. The van der Waals surface area contributed by atoms with E-state index in [0.717, 1.165) is 20.5 Å². The Morgan fingerprint density at radius 2 is 2.18 bits per heavy atom. The third-order valence-corrected chi connectivity index (χ3v) is 3.56. The zero-order chi connectivity index (χ0) is 12.3. The van der Waals surface area contributed by atoms with Crippen molar-refractivity contribution in [2.75, 3.05) is 0 Å². The molecule has 2 nitrogen and oxygen atoms in total. The van der Waals surface area contributed by atoms with Crippen molar-refractivity contribution in [3.05, 3.63) is 51.2 Å². The Bertz CT molecular complexity index is 494. The number of aliphatic hydroxyl groups is 1. The van der Waals surface area contributed by atoms with Gasteiger partial charge in [-0.1, -0.05) is 23.7 Å². The fourth-order valence-corrected chi connectivity index (χ4v) is 2.45. The van der Waals surface area contributed by atoms with Gasteiger partial charge in [0.1, 0.15) is 12.4 Å². The average molecular weight is 269 g/mol. The molecule has 0 radical (unpaired) electrons. The van der Waals surface area contributed by atoms with E-state index >= 15 is 0 Å². The molecule has 0 saturated carbocycles. The van der Waals surface area contributed by atoms with Gasteiger partial charge in [-0.3, -0.25) is 0 Å². The van der Waals surface area contributed by atoms with Gasteiger partial charge in [-0.15, -0.1) is 11.3 Å². The molecule has 0 amide bonds. The maximum atomic E-state index is 9.47. The van der Waals surface area contributed by atoms with Gasteiger partial charge in [0.15, 0.2) is 0 Å². The second-order valence-corrected chi connectivity index (χ2v) is 5.54. The van der Waals surface area contributed by atoms with E-state index < -0.39 is 6.10 Å². The highest BCUT2D eigenvalue weighted by Gasteiger charge is 2.03. The second kappa shape index (κ2) is 5.54. The van der Waals surface area contributed by atoms with Crippen LogP contribution in [0.15, 0.2) is 36.4 Å². The van der Waals surface area contributed by atoms with Crippen molar-refractivity contribution in [3.63, 3.8) is 0 Å². The van der Waals surface area contributed by atoms with E-state index in [1.807, 2.05) is 36.4 Å². The second-order valence-electron chi connectivity index (χ2n) is 3.74. The van der Waals surface area contributed by atoms with Crippen LogP contribution in [0.3, 0.4) is 0 Å². The monoisotopic (exact) mass is 268 g/mol. The van der Waals surface area contributed by atoms with Crippen LogP contribution in [0, 0.1) is 0 Å². The van der Waals surface area contributed by atoms with Crippen molar-refractivity contribution in [2.45, 2.75) is 19.6 Å². The van der Waals surface area contributed by atoms with E-state index in [4.69, 9.17) is 16.3 Å². The molecule has 0 saturated heterocycles. The van der Waals surface area contributed by atoms with Gasteiger partial charge in [-0.25, -0.2) is 0 Å². The fraction of sp³-hybridized carbons (Fsp3) is 0.231. The van der Waals surface area contributed by atoms with Crippen molar-refractivity contribution in [1.29, 1.82) is 0 Å². The van der Waals surface area contributed by atoms with Crippen LogP contribution in [-0.2, 0) is 6.61 Å². The number of halogens is 1. The summed E-state index contributed by atoms with van der Waals surface area (Å²) in [5.41, 5.74) is 0.853. The van der Waals surface area contributed by atoms with Crippen LogP contribution >= 0.6 is 22.9 Å². The summed E-state index contributed by atoms with van der Waals surface area (Å²) < 4.78 is 6.40. The van der Waals surface area contributed by atoms with Crippen molar-refractivity contribution < 1.29 is 9.84 Å². The highest BCUT2D eigenvalue weighted by molar-refractivity contribution is 7.16. The van der Waals surface area contributed by atoms with Gasteiger partial charge in [0.05, 0.1) is 10.4 Å². The van der Waals surface area contributed by atoms with Crippen LogP contribution in [0.25, 0.3) is 0 Å². The molecule has 0 unspecified atom stereocenters.